The summed E-state index contributed by atoms with van der Waals surface area (Å²) in [6, 6.07) is 5.62. The number of hydrogen-bond donors (Lipinski definition) is 1. The number of amides is 1. The smallest absolute Gasteiger partial charge is 0.255 e. The standard InChI is InChI=1S/C11H13ClN2OS/c1-16-8-2-3-10(12)9(4-8)11(15)14-5-7(13)6-14/h2-4,7H,5-6,13H2,1H3. The predicted octanol–water partition coefficient (Wildman–Crippen LogP) is 1.84. The molecule has 1 amide bonds. The molecule has 0 spiro atoms. The van der Waals surface area contributed by atoms with Crippen LogP contribution in [0, 0.1) is 0 Å². The van der Waals surface area contributed by atoms with Gasteiger partial charge in [-0.1, -0.05) is 11.6 Å². The van der Waals surface area contributed by atoms with Crippen LogP contribution in [0.25, 0.3) is 0 Å². The van der Waals surface area contributed by atoms with E-state index in [0.717, 1.165) is 4.90 Å². The van der Waals surface area contributed by atoms with Crippen LogP contribution in [0.1, 0.15) is 10.4 Å². The van der Waals surface area contributed by atoms with Crippen LogP contribution in [0.2, 0.25) is 5.02 Å². The first-order valence-corrected chi connectivity index (χ1v) is 6.60. The molecular formula is C11H13ClN2OS. The molecular weight excluding hydrogens is 244 g/mol. The van der Waals surface area contributed by atoms with Crippen molar-refractivity contribution >= 4 is 29.3 Å². The van der Waals surface area contributed by atoms with Gasteiger partial charge in [0.15, 0.2) is 0 Å². The van der Waals surface area contributed by atoms with Crippen LogP contribution in [-0.2, 0) is 0 Å². The monoisotopic (exact) mass is 256 g/mol. The number of carbonyl (C=O) groups excluding carboxylic acids is 1. The van der Waals surface area contributed by atoms with Crippen LogP contribution in [0.15, 0.2) is 23.1 Å². The molecule has 86 valence electrons. The van der Waals surface area contributed by atoms with Crippen LogP contribution < -0.4 is 5.73 Å². The Labute approximate surface area is 104 Å². The van der Waals surface area contributed by atoms with E-state index in [0.29, 0.717) is 23.7 Å². The minimum absolute atomic E-state index is 0.0254. The van der Waals surface area contributed by atoms with Gasteiger partial charge in [-0.25, -0.2) is 0 Å². The second-order valence-corrected chi connectivity index (χ2v) is 5.10. The fourth-order valence-corrected chi connectivity index (χ4v) is 2.28. The Kier molecular flexibility index (Phi) is 3.42. The normalized spacial score (nSPS) is 16.1. The van der Waals surface area contributed by atoms with E-state index in [1.54, 1.807) is 22.7 Å². The quantitative estimate of drug-likeness (QED) is 0.822. The van der Waals surface area contributed by atoms with Gasteiger partial charge in [0, 0.05) is 24.0 Å². The van der Waals surface area contributed by atoms with Crippen LogP contribution in [0.4, 0.5) is 0 Å². The van der Waals surface area contributed by atoms with Gasteiger partial charge in [0.1, 0.15) is 0 Å². The Morgan fingerprint density at radius 2 is 2.25 bits per heavy atom. The van der Waals surface area contributed by atoms with E-state index in [9.17, 15) is 4.79 Å². The van der Waals surface area contributed by atoms with Gasteiger partial charge in [-0.2, -0.15) is 0 Å². The number of thioether (sulfide) groups is 1. The van der Waals surface area contributed by atoms with Gasteiger partial charge in [-0.05, 0) is 24.5 Å². The van der Waals surface area contributed by atoms with Gasteiger partial charge in [0.2, 0.25) is 0 Å². The first-order valence-electron chi connectivity index (χ1n) is 5.00. The molecule has 0 saturated carbocycles. The van der Waals surface area contributed by atoms with Gasteiger partial charge < -0.3 is 10.6 Å². The molecule has 5 heteroatoms. The van der Waals surface area contributed by atoms with Crippen molar-refractivity contribution in [3.05, 3.63) is 28.8 Å². The molecule has 3 nitrogen and oxygen atoms in total. The fraction of sp³-hybridized carbons (Fsp3) is 0.364. The van der Waals surface area contributed by atoms with E-state index < -0.39 is 0 Å². The summed E-state index contributed by atoms with van der Waals surface area (Å²) in [5.41, 5.74) is 6.22. The number of nitrogens with zero attached hydrogens (tertiary/aromatic N) is 1. The second-order valence-electron chi connectivity index (χ2n) is 3.82. The molecule has 0 aromatic heterocycles. The zero-order chi connectivity index (χ0) is 11.7. The average Bonchev–Trinajstić information content (AvgIpc) is 2.25. The largest absolute Gasteiger partial charge is 0.335 e. The van der Waals surface area contributed by atoms with Crippen molar-refractivity contribution in [2.24, 2.45) is 5.73 Å². The topological polar surface area (TPSA) is 46.3 Å². The van der Waals surface area contributed by atoms with Gasteiger partial charge in [-0.3, -0.25) is 4.79 Å². The van der Waals surface area contributed by atoms with Gasteiger partial charge in [0.05, 0.1) is 10.6 Å². The van der Waals surface area contributed by atoms with E-state index in [1.165, 1.54) is 0 Å². The van der Waals surface area contributed by atoms with Crippen molar-refractivity contribution in [2.75, 3.05) is 19.3 Å². The van der Waals surface area contributed by atoms with Crippen LogP contribution in [0.5, 0.6) is 0 Å². The molecule has 2 rings (SSSR count). The van der Waals surface area contributed by atoms with Gasteiger partial charge in [0.25, 0.3) is 5.91 Å². The zero-order valence-electron chi connectivity index (χ0n) is 8.94. The summed E-state index contributed by atoms with van der Waals surface area (Å²) in [5, 5.41) is 0.503. The molecule has 0 unspecified atom stereocenters. The van der Waals surface area contributed by atoms with Crippen molar-refractivity contribution in [1.82, 2.24) is 4.90 Å². The maximum absolute atomic E-state index is 12.0. The Morgan fingerprint density at radius 3 is 2.81 bits per heavy atom. The molecule has 0 atom stereocenters. The molecule has 0 aliphatic carbocycles. The van der Waals surface area contributed by atoms with Crippen molar-refractivity contribution in [3.63, 3.8) is 0 Å². The van der Waals surface area contributed by atoms with Crippen molar-refractivity contribution in [1.29, 1.82) is 0 Å². The lowest BCUT2D eigenvalue weighted by molar-refractivity contribution is 0.0608. The predicted molar refractivity (Wildman–Crippen MR) is 67.1 cm³/mol. The molecule has 1 aromatic carbocycles. The number of benzene rings is 1. The van der Waals surface area contributed by atoms with E-state index in [-0.39, 0.29) is 11.9 Å². The molecule has 16 heavy (non-hydrogen) atoms. The SMILES string of the molecule is CSc1ccc(Cl)c(C(=O)N2CC(N)C2)c1. The first-order chi connectivity index (χ1) is 7.61. The molecule has 1 heterocycles. The molecule has 1 fully saturated rings. The summed E-state index contributed by atoms with van der Waals surface area (Å²) in [6.45, 7) is 1.25. The summed E-state index contributed by atoms with van der Waals surface area (Å²) in [7, 11) is 0. The molecule has 1 aliphatic rings. The molecule has 0 bridgehead atoms. The van der Waals surface area contributed by atoms with Gasteiger partial charge >= 0.3 is 0 Å². The maximum atomic E-state index is 12.0. The average molecular weight is 257 g/mol. The van der Waals surface area contributed by atoms with Crippen molar-refractivity contribution < 1.29 is 4.79 Å². The molecule has 2 N–H and O–H groups in total. The molecule has 0 radical (unpaired) electrons. The molecule has 1 saturated heterocycles. The summed E-state index contributed by atoms with van der Waals surface area (Å²) in [5.74, 6) is -0.0254. The number of carbonyl (C=O) groups is 1. The van der Waals surface area contributed by atoms with Gasteiger partial charge in [-0.15, -0.1) is 11.8 Å². The van der Waals surface area contributed by atoms with Crippen LogP contribution >= 0.6 is 23.4 Å². The lowest BCUT2D eigenvalue weighted by atomic mass is 10.1. The highest BCUT2D eigenvalue weighted by Crippen LogP contribution is 2.25. The highest BCUT2D eigenvalue weighted by atomic mass is 35.5. The fourth-order valence-electron chi connectivity index (χ4n) is 1.64. The Balaban J connectivity index is 2.22. The Hall–Kier alpha value is -0.710. The molecule has 1 aromatic rings. The van der Waals surface area contributed by atoms with Crippen LogP contribution in [-0.4, -0.2) is 36.2 Å². The van der Waals surface area contributed by atoms with Crippen LogP contribution in [0.3, 0.4) is 0 Å². The summed E-state index contributed by atoms with van der Waals surface area (Å²) >= 11 is 7.61. The summed E-state index contributed by atoms with van der Waals surface area (Å²) in [6.07, 6.45) is 1.97. The maximum Gasteiger partial charge on any atom is 0.255 e. The number of hydrogen-bond acceptors (Lipinski definition) is 3. The highest BCUT2D eigenvalue weighted by molar-refractivity contribution is 7.98. The highest BCUT2D eigenvalue weighted by Gasteiger charge is 2.29. The minimum Gasteiger partial charge on any atom is -0.335 e. The third-order valence-electron chi connectivity index (χ3n) is 2.60. The number of rotatable bonds is 2. The third-order valence-corrected chi connectivity index (χ3v) is 3.66. The zero-order valence-corrected chi connectivity index (χ0v) is 10.5. The third kappa shape index (κ3) is 2.19. The Morgan fingerprint density at radius 1 is 1.56 bits per heavy atom. The number of nitrogens with two attached hydrogens (primary N) is 1. The lowest BCUT2D eigenvalue weighted by Gasteiger charge is -2.37. The number of likely N-dealkylation sites (tertiary alicyclic amines) is 1. The Bertz CT molecular complexity index is 418. The lowest BCUT2D eigenvalue weighted by Crippen LogP contribution is -2.57. The van der Waals surface area contributed by atoms with Crippen molar-refractivity contribution in [2.45, 2.75) is 10.9 Å². The first kappa shape index (κ1) is 11.8. The molecule has 1 aliphatic heterocycles. The van der Waals surface area contributed by atoms with E-state index in [1.807, 2.05) is 18.4 Å². The van der Waals surface area contributed by atoms with E-state index in [4.69, 9.17) is 17.3 Å². The second kappa shape index (κ2) is 4.65. The summed E-state index contributed by atoms with van der Waals surface area (Å²) in [4.78, 5) is 14.8. The number of halogens is 1. The minimum atomic E-state index is -0.0254. The van der Waals surface area contributed by atoms with E-state index >= 15 is 0 Å². The van der Waals surface area contributed by atoms with Crippen molar-refractivity contribution in [3.8, 4) is 0 Å². The summed E-state index contributed by atoms with van der Waals surface area (Å²) < 4.78 is 0. The van der Waals surface area contributed by atoms with E-state index in [2.05, 4.69) is 0 Å².